The summed E-state index contributed by atoms with van der Waals surface area (Å²) in [6.07, 6.45) is -13.6. The number of carbonyl (C=O) groups is 2. The first-order chi connectivity index (χ1) is 13.6. The van der Waals surface area contributed by atoms with E-state index in [4.69, 9.17) is 14.2 Å². The Hall–Kier alpha value is -1.42. The van der Waals surface area contributed by atoms with Crippen LogP contribution in [0.5, 0.6) is 0 Å². The van der Waals surface area contributed by atoms with Crippen molar-refractivity contribution >= 4 is 11.8 Å². The van der Waals surface area contributed by atoms with Crippen LogP contribution in [0.4, 0.5) is 0 Å². The summed E-state index contributed by atoms with van der Waals surface area (Å²) in [5, 5.41) is 64.7. The van der Waals surface area contributed by atoms with Gasteiger partial charge >= 0.3 is 0 Å². The second-order valence-electron chi connectivity index (χ2n) is 7.02. The van der Waals surface area contributed by atoms with Crippen molar-refractivity contribution in [3.63, 3.8) is 0 Å². The minimum absolute atomic E-state index is 0.196. The predicted molar refractivity (Wildman–Crippen MR) is 91.8 cm³/mol. The van der Waals surface area contributed by atoms with Gasteiger partial charge in [0, 0.05) is 20.4 Å². The van der Waals surface area contributed by atoms with E-state index in [1.807, 2.05) is 0 Å². The zero-order valence-corrected chi connectivity index (χ0v) is 15.9. The van der Waals surface area contributed by atoms with E-state index in [2.05, 4.69) is 10.6 Å². The summed E-state index contributed by atoms with van der Waals surface area (Å²) in [5.74, 6) is -0.989. The Bertz CT molecular complexity index is 575. The third kappa shape index (κ3) is 5.59. The molecule has 13 heteroatoms. The van der Waals surface area contributed by atoms with Gasteiger partial charge in [0.1, 0.15) is 48.8 Å². The molecule has 10 unspecified atom stereocenters. The molecule has 2 rings (SSSR count). The zero-order valence-electron chi connectivity index (χ0n) is 15.9. The van der Waals surface area contributed by atoms with E-state index in [1.54, 1.807) is 0 Å². The SMILES string of the molecule is CC(=O)NCC1OC(O)C(NC(C)=O)C(O)C1OC1OC(CO)C(O)C(O)C1O. The zero-order chi connectivity index (χ0) is 21.9. The third-order valence-electron chi connectivity index (χ3n) is 4.75. The first-order valence-electron chi connectivity index (χ1n) is 9.06. The quantitative estimate of drug-likeness (QED) is 0.202. The van der Waals surface area contributed by atoms with Crippen LogP contribution in [0.2, 0.25) is 0 Å². The van der Waals surface area contributed by atoms with E-state index in [9.17, 15) is 40.2 Å². The molecular weight excluding hydrogens is 396 g/mol. The van der Waals surface area contributed by atoms with Crippen LogP contribution >= 0.6 is 0 Å². The molecule has 2 fully saturated rings. The highest BCUT2D eigenvalue weighted by Crippen LogP contribution is 2.28. The summed E-state index contributed by atoms with van der Waals surface area (Å²) in [6.45, 7) is 1.52. The Kier molecular flexibility index (Phi) is 8.28. The first-order valence-corrected chi connectivity index (χ1v) is 9.06. The van der Waals surface area contributed by atoms with Crippen LogP contribution in [-0.4, -0.2) is 117 Å². The molecule has 2 heterocycles. The molecule has 0 aromatic heterocycles. The molecule has 168 valence electrons. The van der Waals surface area contributed by atoms with Gasteiger partial charge in [-0.25, -0.2) is 0 Å². The summed E-state index contributed by atoms with van der Waals surface area (Å²) >= 11 is 0. The van der Waals surface area contributed by atoms with E-state index in [1.165, 1.54) is 6.92 Å². The molecule has 8 N–H and O–H groups in total. The fraction of sp³-hybridized carbons (Fsp3) is 0.875. The van der Waals surface area contributed by atoms with Crippen LogP contribution in [0.25, 0.3) is 0 Å². The molecule has 0 aromatic carbocycles. The van der Waals surface area contributed by atoms with E-state index in [-0.39, 0.29) is 6.54 Å². The molecule has 13 nitrogen and oxygen atoms in total. The summed E-state index contributed by atoms with van der Waals surface area (Å²) in [4.78, 5) is 22.6. The number of carbonyl (C=O) groups excluding carboxylic acids is 2. The van der Waals surface area contributed by atoms with Gasteiger partial charge in [0.15, 0.2) is 12.6 Å². The van der Waals surface area contributed by atoms with Crippen molar-refractivity contribution in [1.29, 1.82) is 0 Å². The molecule has 0 bridgehead atoms. The minimum atomic E-state index is -1.74. The van der Waals surface area contributed by atoms with Crippen molar-refractivity contribution in [3.05, 3.63) is 0 Å². The Labute approximate surface area is 166 Å². The van der Waals surface area contributed by atoms with Crippen molar-refractivity contribution < 1.29 is 54.4 Å². The Balaban J connectivity index is 2.22. The predicted octanol–water partition coefficient (Wildman–Crippen LogP) is -5.11. The molecule has 10 atom stereocenters. The number of aliphatic hydroxyl groups is 6. The third-order valence-corrected chi connectivity index (χ3v) is 4.75. The van der Waals surface area contributed by atoms with Gasteiger partial charge in [-0.1, -0.05) is 0 Å². The van der Waals surface area contributed by atoms with Crippen LogP contribution in [0, 0.1) is 0 Å². The molecule has 0 radical (unpaired) electrons. The van der Waals surface area contributed by atoms with Crippen molar-refractivity contribution in [2.24, 2.45) is 0 Å². The Morgan fingerprint density at radius 2 is 1.55 bits per heavy atom. The van der Waals surface area contributed by atoms with E-state index in [0.29, 0.717) is 0 Å². The number of hydrogen-bond acceptors (Lipinski definition) is 11. The molecule has 2 aliphatic heterocycles. The highest BCUT2D eigenvalue weighted by molar-refractivity contribution is 5.73. The van der Waals surface area contributed by atoms with Gasteiger partial charge in [0.05, 0.1) is 6.61 Å². The molecule has 2 amide bonds. The van der Waals surface area contributed by atoms with E-state index in [0.717, 1.165) is 6.92 Å². The van der Waals surface area contributed by atoms with Gasteiger partial charge in [-0.15, -0.1) is 0 Å². The molecule has 0 spiro atoms. The lowest BCUT2D eigenvalue weighted by atomic mass is 9.95. The Morgan fingerprint density at radius 1 is 0.897 bits per heavy atom. The first kappa shape index (κ1) is 23.9. The fourth-order valence-corrected chi connectivity index (χ4v) is 3.24. The maximum atomic E-state index is 11.4. The summed E-state index contributed by atoms with van der Waals surface area (Å²) in [6, 6.07) is -1.30. The monoisotopic (exact) mass is 424 g/mol. The molecule has 0 aromatic rings. The normalized spacial score (nSPS) is 42.9. The minimum Gasteiger partial charge on any atom is -0.394 e. The topological polar surface area (TPSA) is 207 Å². The second kappa shape index (κ2) is 10.1. The van der Waals surface area contributed by atoms with Gasteiger partial charge < -0.3 is 55.5 Å². The fourth-order valence-electron chi connectivity index (χ4n) is 3.24. The van der Waals surface area contributed by atoms with Crippen LogP contribution in [0.15, 0.2) is 0 Å². The maximum Gasteiger partial charge on any atom is 0.217 e. The number of ether oxygens (including phenoxy) is 3. The molecule has 2 saturated heterocycles. The Morgan fingerprint density at radius 3 is 2.10 bits per heavy atom. The number of nitrogens with one attached hydrogen (secondary N) is 2. The highest BCUT2D eigenvalue weighted by atomic mass is 16.7. The smallest absolute Gasteiger partial charge is 0.217 e. The molecular formula is C16H28N2O11. The number of rotatable bonds is 6. The number of hydrogen-bond donors (Lipinski definition) is 8. The van der Waals surface area contributed by atoms with Crippen LogP contribution in [-0.2, 0) is 23.8 Å². The average Bonchev–Trinajstić information content (AvgIpc) is 2.65. The van der Waals surface area contributed by atoms with Crippen molar-refractivity contribution in [2.75, 3.05) is 13.2 Å². The van der Waals surface area contributed by atoms with Gasteiger partial charge in [0.2, 0.25) is 11.8 Å². The van der Waals surface area contributed by atoms with Crippen molar-refractivity contribution in [2.45, 2.75) is 75.2 Å². The lowest BCUT2D eigenvalue weighted by Crippen LogP contribution is -2.67. The van der Waals surface area contributed by atoms with Crippen LogP contribution < -0.4 is 10.6 Å². The van der Waals surface area contributed by atoms with E-state index < -0.39 is 79.8 Å². The van der Waals surface area contributed by atoms with Gasteiger partial charge in [-0.05, 0) is 0 Å². The summed E-state index contributed by atoms with van der Waals surface area (Å²) in [5.41, 5.74) is 0. The highest BCUT2D eigenvalue weighted by Gasteiger charge is 2.50. The van der Waals surface area contributed by atoms with E-state index >= 15 is 0 Å². The second-order valence-corrected chi connectivity index (χ2v) is 7.02. The largest absolute Gasteiger partial charge is 0.394 e. The molecule has 0 saturated carbocycles. The lowest BCUT2D eigenvalue weighted by Gasteiger charge is -2.46. The van der Waals surface area contributed by atoms with Crippen molar-refractivity contribution in [3.8, 4) is 0 Å². The van der Waals surface area contributed by atoms with Gasteiger partial charge in [-0.2, -0.15) is 0 Å². The molecule has 29 heavy (non-hydrogen) atoms. The summed E-state index contributed by atoms with van der Waals surface area (Å²) < 4.78 is 16.2. The standard InChI is InChI=1S/C16H28N2O11/c1-5(20)17-3-7-14(11(23)9(15(26)27-7)18-6(2)21)29-16-13(25)12(24)10(22)8(4-19)28-16/h7-16,19,22-26H,3-4H2,1-2H3,(H,17,20)(H,18,21). The maximum absolute atomic E-state index is 11.4. The van der Waals surface area contributed by atoms with Gasteiger partial charge in [-0.3, -0.25) is 9.59 Å². The lowest BCUT2D eigenvalue weighted by molar-refractivity contribution is -0.342. The van der Waals surface area contributed by atoms with Crippen LogP contribution in [0.1, 0.15) is 13.8 Å². The van der Waals surface area contributed by atoms with Crippen molar-refractivity contribution in [1.82, 2.24) is 10.6 Å². The van der Waals surface area contributed by atoms with Crippen LogP contribution in [0.3, 0.4) is 0 Å². The molecule has 0 aliphatic carbocycles. The average molecular weight is 424 g/mol. The molecule has 2 aliphatic rings. The number of aliphatic hydroxyl groups excluding tert-OH is 6. The number of amides is 2. The summed E-state index contributed by atoms with van der Waals surface area (Å²) in [7, 11) is 0. The van der Waals surface area contributed by atoms with Gasteiger partial charge in [0.25, 0.3) is 0 Å².